The summed E-state index contributed by atoms with van der Waals surface area (Å²) in [5.41, 5.74) is 0. The lowest BCUT2D eigenvalue weighted by atomic mass is 10.0. The second kappa shape index (κ2) is 52.2. The van der Waals surface area contributed by atoms with Crippen molar-refractivity contribution in [3.05, 3.63) is 48.6 Å². The lowest BCUT2D eigenvalue weighted by Crippen LogP contribution is -2.28. The van der Waals surface area contributed by atoms with E-state index in [0.717, 1.165) is 77.0 Å². The zero-order valence-electron chi connectivity index (χ0n) is 40.7. The quantitative estimate of drug-likeness (QED) is 0.0375. The number of ether oxygens (including phenoxy) is 2. The van der Waals surface area contributed by atoms with Gasteiger partial charge in [0, 0.05) is 12.8 Å². The molecule has 0 rings (SSSR count). The molecule has 0 aromatic carbocycles. The van der Waals surface area contributed by atoms with Gasteiger partial charge in [0.15, 0.2) is 6.10 Å². The molecule has 0 fully saturated rings. The molecule has 0 aliphatic carbocycles. The number of carbonyl (C=O) groups excluding carboxylic acids is 2. The standard InChI is InChI=1S/C56H102O5/c1-3-5-7-9-11-13-15-17-19-21-22-23-24-25-26-27-28-29-30-31-32-33-35-36-38-40-42-44-46-48-50-55(58)60-53-54(52-57)61-56(59)51-49-47-45-43-41-39-37-34-20-18-16-14-12-10-8-6-4-2/h6,8,12,14,18,20,37,39,54,57H,3-5,7,9-11,13,15-17,19,21-36,38,40-53H2,1-2H3/b8-6-,14-12-,20-18-,39-37-. The number of aliphatic hydroxyl groups excluding tert-OH is 1. The van der Waals surface area contributed by atoms with Crippen molar-refractivity contribution in [1.82, 2.24) is 0 Å². The van der Waals surface area contributed by atoms with Gasteiger partial charge < -0.3 is 14.6 Å². The van der Waals surface area contributed by atoms with E-state index in [-0.39, 0.29) is 25.2 Å². The first-order valence-corrected chi connectivity index (χ1v) is 26.7. The van der Waals surface area contributed by atoms with Gasteiger partial charge in [-0.3, -0.25) is 9.59 Å². The molecule has 5 nitrogen and oxygen atoms in total. The summed E-state index contributed by atoms with van der Waals surface area (Å²) in [6.07, 6.45) is 68.0. The molecule has 0 aliphatic rings. The van der Waals surface area contributed by atoms with Crippen molar-refractivity contribution < 1.29 is 24.2 Å². The van der Waals surface area contributed by atoms with E-state index < -0.39 is 6.10 Å². The van der Waals surface area contributed by atoms with E-state index in [2.05, 4.69) is 62.5 Å². The van der Waals surface area contributed by atoms with Crippen LogP contribution in [0.4, 0.5) is 0 Å². The lowest BCUT2D eigenvalue weighted by molar-refractivity contribution is -0.161. The molecule has 0 radical (unpaired) electrons. The van der Waals surface area contributed by atoms with E-state index in [9.17, 15) is 14.7 Å². The molecule has 0 saturated carbocycles. The molecular formula is C56H102O5. The molecule has 1 N–H and O–H groups in total. The highest BCUT2D eigenvalue weighted by molar-refractivity contribution is 5.70. The number of aliphatic hydroxyl groups is 1. The van der Waals surface area contributed by atoms with Gasteiger partial charge in [-0.05, 0) is 51.4 Å². The van der Waals surface area contributed by atoms with Gasteiger partial charge in [-0.15, -0.1) is 0 Å². The molecule has 0 heterocycles. The fourth-order valence-corrected chi connectivity index (χ4v) is 7.90. The average molecular weight is 855 g/mol. The fraction of sp³-hybridized carbons (Fsp3) is 0.821. The van der Waals surface area contributed by atoms with E-state index in [4.69, 9.17) is 9.47 Å². The Hall–Kier alpha value is -2.14. The Balaban J connectivity index is 3.44. The number of carbonyl (C=O) groups is 2. The first-order chi connectivity index (χ1) is 30.1. The maximum atomic E-state index is 12.2. The fourth-order valence-electron chi connectivity index (χ4n) is 7.90. The number of rotatable bonds is 49. The predicted octanol–water partition coefficient (Wildman–Crippen LogP) is 17.7. The van der Waals surface area contributed by atoms with Gasteiger partial charge in [-0.2, -0.15) is 0 Å². The van der Waals surface area contributed by atoms with Crippen molar-refractivity contribution in [2.45, 2.75) is 283 Å². The van der Waals surface area contributed by atoms with Gasteiger partial charge in [0.25, 0.3) is 0 Å². The molecule has 0 spiro atoms. The van der Waals surface area contributed by atoms with E-state index >= 15 is 0 Å². The first kappa shape index (κ1) is 58.9. The summed E-state index contributed by atoms with van der Waals surface area (Å²) in [4.78, 5) is 24.4. The van der Waals surface area contributed by atoms with Crippen LogP contribution in [0.15, 0.2) is 48.6 Å². The Morgan fingerprint density at radius 3 is 1.07 bits per heavy atom. The third kappa shape index (κ3) is 50.4. The van der Waals surface area contributed by atoms with Crippen LogP contribution in [0.1, 0.15) is 277 Å². The molecule has 5 heteroatoms. The Labute approximate surface area is 379 Å². The first-order valence-electron chi connectivity index (χ1n) is 26.7. The third-order valence-corrected chi connectivity index (χ3v) is 11.9. The number of allylic oxidation sites excluding steroid dienone is 8. The smallest absolute Gasteiger partial charge is 0.306 e. The molecule has 0 amide bonds. The van der Waals surface area contributed by atoms with Crippen LogP contribution in [0.5, 0.6) is 0 Å². The van der Waals surface area contributed by atoms with Crippen LogP contribution in [0.2, 0.25) is 0 Å². The molecule has 1 unspecified atom stereocenters. The van der Waals surface area contributed by atoms with Crippen LogP contribution in [0.3, 0.4) is 0 Å². The number of esters is 2. The summed E-state index contributed by atoms with van der Waals surface area (Å²) < 4.78 is 10.7. The van der Waals surface area contributed by atoms with Crippen LogP contribution < -0.4 is 0 Å². The number of hydrogen-bond donors (Lipinski definition) is 1. The van der Waals surface area contributed by atoms with E-state index in [1.54, 1.807) is 0 Å². The second-order valence-corrected chi connectivity index (χ2v) is 17.9. The number of unbranched alkanes of at least 4 members (excludes halogenated alkanes) is 33. The van der Waals surface area contributed by atoms with Gasteiger partial charge in [0.1, 0.15) is 6.61 Å². The molecule has 61 heavy (non-hydrogen) atoms. The Morgan fingerprint density at radius 2 is 0.705 bits per heavy atom. The summed E-state index contributed by atoms with van der Waals surface area (Å²) >= 11 is 0. The highest BCUT2D eigenvalue weighted by atomic mass is 16.6. The van der Waals surface area contributed by atoms with Crippen molar-refractivity contribution in [1.29, 1.82) is 0 Å². The lowest BCUT2D eigenvalue weighted by Gasteiger charge is -2.15. The van der Waals surface area contributed by atoms with Crippen molar-refractivity contribution in [3.8, 4) is 0 Å². The minimum atomic E-state index is -0.784. The summed E-state index contributed by atoms with van der Waals surface area (Å²) in [5, 5.41) is 9.62. The van der Waals surface area contributed by atoms with Crippen LogP contribution in [0.25, 0.3) is 0 Å². The second-order valence-electron chi connectivity index (χ2n) is 17.9. The van der Waals surface area contributed by atoms with Crippen molar-refractivity contribution in [2.75, 3.05) is 13.2 Å². The van der Waals surface area contributed by atoms with Gasteiger partial charge in [-0.1, -0.05) is 262 Å². The molecule has 0 saturated heterocycles. The summed E-state index contributed by atoms with van der Waals surface area (Å²) in [7, 11) is 0. The molecular weight excluding hydrogens is 753 g/mol. The summed E-state index contributed by atoms with van der Waals surface area (Å²) in [6.45, 7) is 4.04. The van der Waals surface area contributed by atoms with Crippen LogP contribution in [0, 0.1) is 0 Å². The molecule has 1 atom stereocenters. The maximum Gasteiger partial charge on any atom is 0.306 e. The molecule has 0 aromatic heterocycles. The van der Waals surface area contributed by atoms with Crippen LogP contribution >= 0.6 is 0 Å². The van der Waals surface area contributed by atoms with Crippen molar-refractivity contribution >= 4 is 11.9 Å². The SMILES string of the molecule is CC/C=C\C/C=C\C/C=C\C/C=C\CCCCCCC(=O)OC(CO)COC(=O)CCCCCCCCCCCCCCCCCCCCCCCCCCCCCCCC. The highest BCUT2D eigenvalue weighted by Crippen LogP contribution is 2.17. The van der Waals surface area contributed by atoms with Gasteiger partial charge in [-0.25, -0.2) is 0 Å². The topological polar surface area (TPSA) is 72.8 Å². The molecule has 356 valence electrons. The zero-order chi connectivity index (χ0) is 44.2. The van der Waals surface area contributed by atoms with E-state index in [1.807, 2.05) is 0 Å². The van der Waals surface area contributed by atoms with E-state index in [0.29, 0.717) is 12.8 Å². The molecule has 0 aromatic rings. The van der Waals surface area contributed by atoms with Gasteiger partial charge in [0.05, 0.1) is 6.61 Å². The van der Waals surface area contributed by atoms with Crippen molar-refractivity contribution in [3.63, 3.8) is 0 Å². The minimum absolute atomic E-state index is 0.0739. The van der Waals surface area contributed by atoms with Gasteiger partial charge in [0.2, 0.25) is 0 Å². The minimum Gasteiger partial charge on any atom is -0.462 e. The summed E-state index contributed by atoms with van der Waals surface area (Å²) in [5.74, 6) is -0.608. The van der Waals surface area contributed by atoms with Gasteiger partial charge >= 0.3 is 11.9 Å². The van der Waals surface area contributed by atoms with E-state index in [1.165, 1.54) is 173 Å². The van der Waals surface area contributed by atoms with Crippen molar-refractivity contribution in [2.24, 2.45) is 0 Å². The Kier molecular flexibility index (Phi) is 50.4. The zero-order valence-corrected chi connectivity index (χ0v) is 40.7. The Morgan fingerprint density at radius 1 is 0.393 bits per heavy atom. The Bertz CT molecular complexity index is 1010. The normalized spacial score (nSPS) is 12.5. The molecule has 0 aliphatic heterocycles. The monoisotopic (exact) mass is 855 g/mol. The van der Waals surface area contributed by atoms with Crippen LogP contribution in [-0.2, 0) is 19.1 Å². The average Bonchev–Trinajstić information content (AvgIpc) is 3.26. The predicted molar refractivity (Wildman–Crippen MR) is 265 cm³/mol. The maximum absolute atomic E-state index is 12.2. The largest absolute Gasteiger partial charge is 0.462 e. The van der Waals surface area contributed by atoms with Crippen LogP contribution in [-0.4, -0.2) is 36.4 Å². The summed E-state index contributed by atoms with van der Waals surface area (Å²) in [6, 6.07) is 0. The number of hydrogen-bond acceptors (Lipinski definition) is 5. The molecule has 0 bridgehead atoms. The third-order valence-electron chi connectivity index (χ3n) is 11.9. The highest BCUT2D eigenvalue weighted by Gasteiger charge is 2.16.